The van der Waals surface area contributed by atoms with Crippen LogP contribution in [0.15, 0.2) is 30.3 Å². The fourth-order valence-electron chi connectivity index (χ4n) is 1.48. The van der Waals surface area contributed by atoms with Gasteiger partial charge in [-0.25, -0.2) is 13.1 Å². The quantitative estimate of drug-likeness (QED) is 0.792. The highest BCUT2D eigenvalue weighted by Crippen LogP contribution is 2.06. The lowest BCUT2D eigenvalue weighted by atomic mass is 10.1. The van der Waals surface area contributed by atoms with Gasteiger partial charge in [-0.05, 0) is 30.7 Å². The van der Waals surface area contributed by atoms with Gasteiger partial charge in [-0.2, -0.15) is 5.26 Å². The van der Waals surface area contributed by atoms with E-state index >= 15 is 0 Å². The van der Waals surface area contributed by atoms with Crippen LogP contribution in [0.1, 0.15) is 18.1 Å². The van der Waals surface area contributed by atoms with Gasteiger partial charge in [0, 0.05) is 13.2 Å². The Balaban J connectivity index is 2.73. The number of nitrogens with one attached hydrogen (secondary N) is 1. The summed E-state index contributed by atoms with van der Waals surface area (Å²) >= 11 is 0. The van der Waals surface area contributed by atoms with Crippen LogP contribution < -0.4 is 4.72 Å². The van der Waals surface area contributed by atoms with Crippen molar-refractivity contribution < 1.29 is 17.9 Å². The van der Waals surface area contributed by atoms with Crippen LogP contribution in [0.3, 0.4) is 0 Å². The average Bonchev–Trinajstić information content (AvgIpc) is 2.45. The predicted octanol–water partition coefficient (Wildman–Crippen LogP) is 1.05. The van der Waals surface area contributed by atoms with E-state index in [4.69, 9.17) is 10.00 Å². The van der Waals surface area contributed by atoms with Gasteiger partial charge < -0.3 is 4.74 Å². The molecule has 7 heteroatoms. The molecule has 1 atom stereocenters. The summed E-state index contributed by atoms with van der Waals surface area (Å²) in [5.41, 5.74) is 1.09. The zero-order valence-corrected chi connectivity index (χ0v) is 12.6. The molecule has 1 aromatic rings. The van der Waals surface area contributed by atoms with Crippen LogP contribution in [0.25, 0.3) is 6.08 Å². The Morgan fingerprint density at radius 1 is 1.52 bits per heavy atom. The van der Waals surface area contributed by atoms with E-state index in [0.717, 1.165) is 6.08 Å². The molecule has 0 fully saturated rings. The highest BCUT2D eigenvalue weighted by Gasteiger charge is 2.21. The number of nitrogens with zero attached hydrogens (tertiary/aromatic N) is 1. The van der Waals surface area contributed by atoms with E-state index in [0.29, 0.717) is 11.1 Å². The minimum atomic E-state index is -3.77. The van der Waals surface area contributed by atoms with Crippen molar-refractivity contribution in [1.29, 1.82) is 5.26 Å². The Hall–Kier alpha value is -2.17. The molecule has 0 aromatic heterocycles. The fourth-order valence-corrected chi connectivity index (χ4v) is 2.35. The van der Waals surface area contributed by atoms with Gasteiger partial charge in [0.25, 0.3) is 5.91 Å². The Bertz CT molecular complexity index is 674. The summed E-state index contributed by atoms with van der Waals surface area (Å²) in [5.74, 6) is -0.750. The summed E-state index contributed by atoms with van der Waals surface area (Å²) < 4.78 is 30.2. The number of ether oxygens (including phenoxy) is 1. The zero-order valence-electron chi connectivity index (χ0n) is 11.7. The molecule has 112 valence electrons. The van der Waals surface area contributed by atoms with Crippen molar-refractivity contribution in [1.82, 2.24) is 4.72 Å². The highest BCUT2D eigenvalue weighted by atomic mass is 32.2. The molecule has 1 aromatic carbocycles. The van der Waals surface area contributed by atoms with Gasteiger partial charge in [0.05, 0.1) is 18.2 Å². The summed E-state index contributed by atoms with van der Waals surface area (Å²) in [4.78, 5) is 11.6. The Morgan fingerprint density at radius 2 is 2.24 bits per heavy atom. The third-order valence-corrected chi connectivity index (χ3v) is 4.30. The highest BCUT2D eigenvalue weighted by molar-refractivity contribution is 7.90. The monoisotopic (exact) mass is 308 g/mol. The number of carbonyl (C=O) groups excluding carboxylic acids is 1. The van der Waals surface area contributed by atoms with E-state index < -0.39 is 21.2 Å². The van der Waals surface area contributed by atoms with E-state index in [1.807, 2.05) is 10.8 Å². The molecule has 0 spiro atoms. The van der Waals surface area contributed by atoms with Crippen molar-refractivity contribution in [2.45, 2.75) is 12.2 Å². The lowest BCUT2D eigenvalue weighted by Gasteiger charge is -2.11. The number of hydrogen-bond donors (Lipinski definition) is 1. The van der Waals surface area contributed by atoms with Crippen LogP contribution in [0, 0.1) is 11.3 Å². The number of hydrogen-bond acceptors (Lipinski definition) is 5. The first-order valence-corrected chi connectivity index (χ1v) is 7.66. The van der Waals surface area contributed by atoms with Gasteiger partial charge in [0.1, 0.15) is 5.25 Å². The number of amides is 1. The van der Waals surface area contributed by atoms with Gasteiger partial charge in [0.2, 0.25) is 10.0 Å². The first kappa shape index (κ1) is 16.9. The fraction of sp³-hybridized carbons (Fsp3) is 0.286. The van der Waals surface area contributed by atoms with E-state index in [2.05, 4.69) is 0 Å². The Morgan fingerprint density at radius 3 is 2.86 bits per heavy atom. The maximum Gasteiger partial charge on any atom is 0.257 e. The first-order valence-electron chi connectivity index (χ1n) is 6.12. The topological polar surface area (TPSA) is 96.3 Å². The number of sulfonamides is 1. The summed E-state index contributed by atoms with van der Waals surface area (Å²) in [5, 5.41) is 7.93. The molecule has 0 aliphatic rings. The summed E-state index contributed by atoms with van der Waals surface area (Å²) in [6.45, 7) is 1.44. The van der Waals surface area contributed by atoms with Crippen LogP contribution in [-0.2, 0) is 19.6 Å². The third kappa shape index (κ3) is 5.38. The van der Waals surface area contributed by atoms with E-state index in [-0.39, 0.29) is 6.61 Å². The average molecular weight is 308 g/mol. The van der Waals surface area contributed by atoms with E-state index in [9.17, 15) is 13.2 Å². The van der Waals surface area contributed by atoms with Gasteiger partial charge in [-0.3, -0.25) is 4.79 Å². The maximum absolute atomic E-state index is 11.8. The summed E-state index contributed by atoms with van der Waals surface area (Å²) in [7, 11) is -2.38. The van der Waals surface area contributed by atoms with Gasteiger partial charge in [-0.15, -0.1) is 0 Å². The molecule has 0 aliphatic heterocycles. The lowest BCUT2D eigenvalue weighted by Crippen LogP contribution is -2.38. The van der Waals surface area contributed by atoms with Crippen LogP contribution >= 0.6 is 0 Å². The number of methoxy groups -OCH3 is 1. The third-order valence-electron chi connectivity index (χ3n) is 2.62. The molecular weight excluding hydrogens is 292 g/mol. The van der Waals surface area contributed by atoms with Crippen LogP contribution in [0.4, 0.5) is 0 Å². The molecular formula is C14H16N2O4S. The summed E-state index contributed by atoms with van der Waals surface area (Å²) in [6, 6.07) is 8.58. The van der Waals surface area contributed by atoms with Crippen LogP contribution in [-0.4, -0.2) is 33.3 Å². The molecule has 0 radical (unpaired) electrons. The number of rotatable bonds is 6. The summed E-state index contributed by atoms with van der Waals surface area (Å²) in [6.07, 6.45) is 2.54. The number of nitriles is 1. The van der Waals surface area contributed by atoms with Crippen molar-refractivity contribution in [2.75, 3.05) is 13.7 Å². The van der Waals surface area contributed by atoms with Crippen molar-refractivity contribution in [3.8, 4) is 6.07 Å². The minimum absolute atomic E-state index is 0.00343. The van der Waals surface area contributed by atoms with Crippen LogP contribution in [0.5, 0.6) is 0 Å². The van der Waals surface area contributed by atoms with Gasteiger partial charge in [-0.1, -0.05) is 12.1 Å². The second-order valence-electron chi connectivity index (χ2n) is 4.35. The zero-order chi connectivity index (χ0) is 15.9. The Kier molecular flexibility index (Phi) is 6.09. The Labute approximate surface area is 124 Å². The molecule has 21 heavy (non-hydrogen) atoms. The molecule has 0 heterocycles. The molecule has 0 aliphatic carbocycles. The normalized spacial score (nSPS) is 12.8. The molecule has 1 rings (SSSR count). The van der Waals surface area contributed by atoms with E-state index in [1.54, 1.807) is 24.3 Å². The van der Waals surface area contributed by atoms with Gasteiger partial charge >= 0.3 is 0 Å². The number of carbonyl (C=O) groups is 1. The number of benzene rings is 1. The molecule has 1 N–H and O–H groups in total. The second kappa shape index (κ2) is 7.57. The van der Waals surface area contributed by atoms with E-state index in [1.165, 1.54) is 20.1 Å². The predicted molar refractivity (Wildman–Crippen MR) is 78.6 cm³/mol. The first-order chi connectivity index (χ1) is 9.89. The maximum atomic E-state index is 11.8. The lowest BCUT2D eigenvalue weighted by molar-refractivity contribution is -0.114. The molecule has 6 nitrogen and oxygen atoms in total. The largest absolute Gasteiger partial charge is 0.383 e. The van der Waals surface area contributed by atoms with Crippen molar-refractivity contribution >= 4 is 22.0 Å². The smallest absolute Gasteiger partial charge is 0.257 e. The van der Waals surface area contributed by atoms with Gasteiger partial charge in [0.15, 0.2) is 0 Å². The van der Waals surface area contributed by atoms with Crippen LogP contribution in [0.2, 0.25) is 0 Å². The molecule has 0 saturated carbocycles. The standard InChI is InChI=1S/C14H16N2O4S/c1-11(10-20-2)21(18,19)16-14(17)7-6-12-4-3-5-13(8-12)9-15/h3-8,11H,10H2,1-2H3,(H,16,17). The molecule has 1 unspecified atom stereocenters. The second-order valence-corrected chi connectivity index (χ2v) is 6.45. The SMILES string of the molecule is COCC(C)S(=O)(=O)NC(=O)C=Cc1cccc(C#N)c1. The van der Waals surface area contributed by atoms with Crippen molar-refractivity contribution in [3.05, 3.63) is 41.5 Å². The molecule has 1 amide bonds. The molecule has 0 bridgehead atoms. The van der Waals surface area contributed by atoms with Crippen molar-refractivity contribution in [2.24, 2.45) is 0 Å². The minimum Gasteiger partial charge on any atom is -0.383 e. The van der Waals surface area contributed by atoms with Crippen molar-refractivity contribution in [3.63, 3.8) is 0 Å². The molecule has 0 saturated heterocycles.